The van der Waals surface area contributed by atoms with Crippen LogP contribution in [0, 0.1) is 0 Å². The van der Waals surface area contributed by atoms with Gasteiger partial charge in [0.1, 0.15) is 0 Å². The first-order valence-corrected chi connectivity index (χ1v) is 3.68. The predicted molar refractivity (Wildman–Crippen MR) is 47.7 cm³/mol. The summed E-state index contributed by atoms with van der Waals surface area (Å²) >= 11 is 5.92. The van der Waals surface area contributed by atoms with Gasteiger partial charge in [-0.3, -0.25) is 0 Å². The van der Waals surface area contributed by atoms with Crippen molar-refractivity contribution in [3.63, 3.8) is 0 Å². The van der Waals surface area contributed by atoms with E-state index in [1.165, 1.54) is 0 Å². The maximum absolute atomic E-state index is 5.92. The smallest absolute Gasteiger partial charge is 0.0729 e. The minimum absolute atomic E-state index is 0.624. The van der Waals surface area contributed by atoms with Crippen LogP contribution in [0.25, 0.3) is 10.9 Å². The summed E-state index contributed by atoms with van der Waals surface area (Å²) in [7, 11) is 0. The molecule has 0 atom stereocenters. The molecule has 0 saturated carbocycles. The number of aromatic nitrogens is 1. The summed E-state index contributed by atoms with van der Waals surface area (Å²) in [5.74, 6) is 0. The Kier molecular flexibility index (Phi) is 1.29. The lowest BCUT2D eigenvalue weighted by Crippen LogP contribution is -1.84. The minimum atomic E-state index is 0.624. The summed E-state index contributed by atoms with van der Waals surface area (Å²) in [4.78, 5) is 3.05. The molecule has 2 rings (SSSR count). The first-order valence-electron chi connectivity index (χ1n) is 3.30. The standard InChI is InChI=1S/C8H7ClN2/c9-8-5-3-4-11-7(5)2-1-6(8)10/h1-4,11H,10H2. The van der Waals surface area contributed by atoms with Crippen LogP contribution < -0.4 is 5.73 Å². The number of aromatic amines is 1. The minimum Gasteiger partial charge on any atom is -0.398 e. The molecule has 0 aliphatic rings. The summed E-state index contributed by atoms with van der Waals surface area (Å²) < 4.78 is 0. The van der Waals surface area contributed by atoms with Gasteiger partial charge < -0.3 is 10.7 Å². The maximum Gasteiger partial charge on any atom is 0.0729 e. The largest absolute Gasteiger partial charge is 0.398 e. The number of nitrogens with two attached hydrogens (primary N) is 1. The van der Waals surface area contributed by atoms with Gasteiger partial charge in [-0.2, -0.15) is 0 Å². The van der Waals surface area contributed by atoms with Crippen LogP contribution in [0.1, 0.15) is 0 Å². The number of hydrogen-bond donors (Lipinski definition) is 2. The average Bonchev–Trinajstić information content (AvgIpc) is 2.45. The second-order valence-corrected chi connectivity index (χ2v) is 2.79. The van der Waals surface area contributed by atoms with Crippen molar-refractivity contribution in [1.82, 2.24) is 4.98 Å². The topological polar surface area (TPSA) is 41.8 Å². The molecule has 3 N–H and O–H groups in total. The van der Waals surface area contributed by atoms with E-state index in [1.54, 1.807) is 6.07 Å². The van der Waals surface area contributed by atoms with Gasteiger partial charge in [0, 0.05) is 17.1 Å². The number of halogens is 1. The van der Waals surface area contributed by atoms with Crippen molar-refractivity contribution < 1.29 is 0 Å². The van der Waals surface area contributed by atoms with Crippen LogP contribution in [0.2, 0.25) is 5.02 Å². The molecule has 0 fully saturated rings. The summed E-state index contributed by atoms with van der Waals surface area (Å²) in [5.41, 5.74) is 7.24. The van der Waals surface area contributed by atoms with E-state index in [1.807, 2.05) is 18.3 Å². The summed E-state index contributed by atoms with van der Waals surface area (Å²) in [6.45, 7) is 0. The van der Waals surface area contributed by atoms with Crippen LogP contribution in [0.15, 0.2) is 24.4 Å². The van der Waals surface area contributed by atoms with Crippen molar-refractivity contribution in [3.05, 3.63) is 29.4 Å². The van der Waals surface area contributed by atoms with Gasteiger partial charge in [-0.25, -0.2) is 0 Å². The third-order valence-electron chi connectivity index (χ3n) is 1.70. The molecule has 2 aromatic rings. The highest BCUT2D eigenvalue weighted by Gasteiger charge is 2.01. The lowest BCUT2D eigenvalue weighted by molar-refractivity contribution is 1.48. The van der Waals surface area contributed by atoms with Crippen molar-refractivity contribution in [2.24, 2.45) is 0 Å². The van der Waals surface area contributed by atoms with E-state index in [9.17, 15) is 0 Å². The van der Waals surface area contributed by atoms with E-state index < -0.39 is 0 Å². The highest BCUT2D eigenvalue weighted by molar-refractivity contribution is 6.37. The van der Waals surface area contributed by atoms with Crippen molar-refractivity contribution in [2.45, 2.75) is 0 Å². The molecule has 11 heavy (non-hydrogen) atoms. The zero-order chi connectivity index (χ0) is 7.84. The Bertz CT molecular complexity index is 392. The van der Waals surface area contributed by atoms with Gasteiger partial charge >= 0.3 is 0 Å². The Morgan fingerprint density at radius 1 is 1.27 bits per heavy atom. The fourth-order valence-corrected chi connectivity index (χ4v) is 1.34. The van der Waals surface area contributed by atoms with Gasteiger partial charge in [-0.1, -0.05) is 11.6 Å². The second kappa shape index (κ2) is 2.17. The number of rotatable bonds is 0. The number of benzene rings is 1. The average molecular weight is 167 g/mol. The Morgan fingerprint density at radius 2 is 2.09 bits per heavy atom. The van der Waals surface area contributed by atoms with Gasteiger partial charge in [0.15, 0.2) is 0 Å². The Hall–Kier alpha value is -1.15. The molecular formula is C8H7ClN2. The maximum atomic E-state index is 5.92. The number of hydrogen-bond acceptors (Lipinski definition) is 1. The van der Waals surface area contributed by atoms with Gasteiger partial charge in [0.25, 0.3) is 0 Å². The molecule has 1 heterocycles. The molecule has 0 amide bonds. The lowest BCUT2D eigenvalue weighted by atomic mass is 10.2. The molecule has 0 aliphatic heterocycles. The fraction of sp³-hybridized carbons (Fsp3) is 0. The number of fused-ring (bicyclic) bond motifs is 1. The van der Waals surface area contributed by atoms with Gasteiger partial charge in [-0.15, -0.1) is 0 Å². The highest BCUT2D eigenvalue weighted by Crippen LogP contribution is 2.27. The van der Waals surface area contributed by atoms with E-state index >= 15 is 0 Å². The normalized spacial score (nSPS) is 10.6. The predicted octanol–water partition coefficient (Wildman–Crippen LogP) is 2.40. The molecule has 0 aliphatic carbocycles. The number of nitrogen functional groups attached to an aromatic ring is 1. The zero-order valence-corrected chi connectivity index (χ0v) is 6.52. The Labute approximate surface area is 69.0 Å². The SMILES string of the molecule is Nc1ccc2[nH]ccc2c1Cl. The zero-order valence-electron chi connectivity index (χ0n) is 5.76. The first kappa shape index (κ1) is 6.55. The molecule has 3 heteroatoms. The van der Waals surface area contributed by atoms with Crippen LogP contribution in [0.5, 0.6) is 0 Å². The van der Waals surface area contributed by atoms with Crippen molar-refractivity contribution >= 4 is 28.2 Å². The van der Waals surface area contributed by atoms with Crippen molar-refractivity contribution in [2.75, 3.05) is 5.73 Å². The van der Waals surface area contributed by atoms with E-state index in [0.717, 1.165) is 10.9 Å². The number of nitrogens with one attached hydrogen (secondary N) is 1. The van der Waals surface area contributed by atoms with Crippen molar-refractivity contribution in [1.29, 1.82) is 0 Å². The molecule has 1 aromatic carbocycles. The molecule has 0 bridgehead atoms. The van der Waals surface area contributed by atoms with Crippen LogP contribution in [0.3, 0.4) is 0 Å². The van der Waals surface area contributed by atoms with E-state index in [0.29, 0.717) is 10.7 Å². The van der Waals surface area contributed by atoms with Gasteiger partial charge in [0.2, 0.25) is 0 Å². The molecule has 0 spiro atoms. The van der Waals surface area contributed by atoms with Gasteiger partial charge in [-0.05, 0) is 18.2 Å². The summed E-state index contributed by atoms with van der Waals surface area (Å²) in [6.07, 6.45) is 1.84. The molecule has 0 unspecified atom stereocenters. The fourth-order valence-electron chi connectivity index (χ4n) is 1.11. The molecule has 0 radical (unpaired) electrons. The van der Waals surface area contributed by atoms with Crippen molar-refractivity contribution in [3.8, 4) is 0 Å². The third-order valence-corrected chi connectivity index (χ3v) is 2.12. The van der Waals surface area contributed by atoms with E-state index in [4.69, 9.17) is 17.3 Å². The second-order valence-electron chi connectivity index (χ2n) is 2.41. The van der Waals surface area contributed by atoms with Crippen LogP contribution in [-0.4, -0.2) is 4.98 Å². The summed E-state index contributed by atoms with van der Waals surface area (Å²) in [5, 5.41) is 1.61. The number of anilines is 1. The van der Waals surface area contributed by atoms with Crippen LogP contribution >= 0.6 is 11.6 Å². The first-order chi connectivity index (χ1) is 5.29. The Morgan fingerprint density at radius 3 is 2.91 bits per heavy atom. The Balaban J connectivity index is 2.93. The number of H-pyrrole nitrogens is 1. The summed E-state index contributed by atoms with van der Waals surface area (Å²) in [6, 6.07) is 5.62. The van der Waals surface area contributed by atoms with Crippen LogP contribution in [0.4, 0.5) is 5.69 Å². The molecule has 2 nitrogen and oxygen atoms in total. The molecule has 0 saturated heterocycles. The van der Waals surface area contributed by atoms with E-state index in [2.05, 4.69) is 4.98 Å². The molecule has 1 aromatic heterocycles. The molecular weight excluding hydrogens is 160 g/mol. The lowest BCUT2D eigenvalue weighted by Gasteiger charge is -1.97. The monoisotopic (exact) mass is 166 g/mol. The van der Waals surface area contributed by atoms with Crippen LogP contribution in [-0.2, 0) is 0 Å². The van der Waals surface area contributed by atoms with Gasteiger partial charge in [0.05, 0.1) is 10.7 Å². The highest BCUT2D eigenvalue weighted by atomic mass is 35.5. The van der Waals surface area contributed by atoms with E-state index in [-0.39, 0.29) is 0 Å². The third kappa shape index (κ3) is 0.870. The quantitative estimate of drug-likeness (QED) is 0.580. The molecule has 56 valence electrons.